The molecule has 2 rings (SSSR count). The van der Waals surface area contributed by atoms with Crippen molar-refractivity contribution in [2.75, 3.05) is 0 Å². The molecule has 0 aromatic carbocycles. The molecule has 18 heavy (non-hydrogen) atoms. The molecule has 1 aliphatic rings. The molecule has 0 radical (unpaired) electrons. The van der Waals surface area contributed by atoms with Crippen molar-refractivity contribution in [2.45, 2.75) is 45.4 Å². The van der Waals surface area contributed by atoms with E-state index in [9.17, 15) is 4.79 Å². The van der Waals surface area contributed by atoms with Crippen molar-refractivity contribution in [2.24, 2.45) is 11.8 Å². The minimum Gasteiger partial charge on any atom is -0.281 e. The smallest absolute Gasteiger partial charge is 0.224 e. The number of carbonyl (C=O) groups excluding carboxylic acids is 1. The van der Waals surface area contributed by atoms with Gasteiger partial charge in [-0.3, -0.25) is 9.78 Å². The highest BCUT2D eigenvalue weighted by atomic mass is 35.5. The Labute approximate surface area is 115 Å². The molecule has 0 atom stereocenters. The maximum absolute atomic E-state index is 10.8. The van der Waals surface area contributed by atoms with E-state index >= 15 is 0 Å². The van der Waals surface area contributed by atoms with Gasteiger partial charge in [-0.25, -0.2) is 0 Å². The molecule has 0 aliphatic heterocycles. The summed E-state index contributed by atoms with van der Waals surface area (Å²) >= 11 is 5.44. The maximum Gasteiger partial charge on any atom is 0.224 e. The highest BCUT2D eigenvalue weighted by Gasteiger charge is 2.24. The zero-order valence-electron chi connectivity index (χ0n) is 11.0. The van der Waals surface area contributed by atoms with Gasteiger partial charge in [-0.1, -0.05) is 25.8 Å². The highest BCUT2D eigenvalue weighted by molar-refractivity contribution is 6.63. The highest BCUT2D eigenvalue weighted by Crippen LogP contribution is 2.32. The summed E-state index contributed by atoms with van der Waals surface area (Å²) in [6, 6.07) is 5.72. The van der Waals surface area contributed by atoms with Crippen molar-refractivity contribution >= 4 is 16.8 Å². The summed E-state index contributed by atoms with van der Waals surface area (Å²) < 4.78 is 0. The van der Waals surface area contributed by atoms with E-state index in [1.807, 2.05) is 18.2 Å². The van der Waals surface area contributed by atoms with E-state index in [-0.39, 0.29) is 11.2 Å². The molecule has 1 aliphatic carbocycles. The van der Waals surface area contributed by atoms with Crippen LogP contribution in [0.2, 0.25) is 0 Å². The fourth-order valence-corrected chi connectivity index (χ4v) is 2.62. The van der Waals surface area contributed by atoms with Crippen LogP contribution in [-0.4, -0.2) is 10.2 Å². The van der Waals surface area contributed by atoms with Gasteiger partial charge in [0, 0.05) is 18.3 Å². The van der Waals surface area contributed by atoms with Gasteiger partial charge in [0.25, 0.3) is 0 Å². The van der Waals surface area contributed by atoms with Gasteiger partial charge in [0.1, 0.15) is 0 Å². The van der Waals surface area contributed by atoms with Crippen molar-refractivity contribution < 1.29 is 4.79 Å². The Balaban J connectivity index is 0.000000225. The average molecular weight is 268 g/mol. The SMILES string of the molecule is CCCC1CCC(C(=O)Cl)CC1.c1ccncc1. The van der Waals surface area contributed by atoms with E-state index in [2.05, 4.69) is 11.9 Å². The molecular weight excluding hydrogens is 246 g/mol. The van der Waals surface area contributed by atoms with Crippen molar-refractivity contribution in [3.8, 4) is 0 Å². The van der Waals surface area contributed by atoms with Gasteiger partial charge >= 0.3 is 0 Å². The fourth-order valence-electron chi connectivity index (χ4n) is 2.40. The minimum atomic E-state index is -0.120. The molecule has 2 nitrogen and oxygen atoms in total. The fraction of sp³-hybridized carbons (Fsp3) is 0.600. The van der Waals surface area contributed by atoms with E-state index < -0.39 is 0 Å². The molecule has 1 fully saturated rings. The molecule has 100 valence electrons. The number of aromatic nitrogens is 1. The van der Waals surface area contributed by atoms with Crippen LogP contribution in [0.15, 0.2) is 30.6 Å². The lowest BCUT2D eigenvalue weighted by molar-refractivity contribution is -0.116. The molecule has 0 bridgehead atoms. The average Bonchev–Trinajstić information content (AvgIpc) is 2.42. The Morgan fingerprint density at radius 2 is 1.78 bits per heavy atom. The van der Waals surface area contributed by atoms with E-state index in [0.29, 0.717) is 0 Å². The minimum absolute atomic E-state index is 0.120. The van der Waals surface area contributed by atoms with E-state index in [0.717, 1.165) is 18.8 Å². The molecule has 0 N–H and O–H groups in total. The number of carbonyl (C=O) groups is 1. The van der Waals surface area contributed by atoms with Gasteiger partial charge in [0.05, 0.1) is 0 Å². The van der Waals surface area contributed by atoms with Crippen LogP contribution in [0.5, 0.6) is 0 Å². The first-order valence-corrected chi connectivity index (χ1v) is 7.16. The van der Waals surface area contributed by atoms with E-state index in [1.165, 1.54) is 25.7 Å². The molecule has 0 amide bonds. The second-order valence-corrected chi connectivity index (χ2v) is 5.21. The van der Waals surface area contributed by atoms with Gasteiger partial charge < -0.3 is 0 Å². The van der Waals surface area contributed by atoms with Crippen LogP contribution in [0, 0.1) is 11.8 Å². The van der Waals surface area contributed by atoms with Crippen LogP contribution >= 0.6 is 11.6 Å². The second kappa shape index (κ2) is 9.09. The largest absolute Gasteiger partial charge is 0.281 e. The lowest BCUT2D eigenvalue weighted by Crippen LogP contribution is -2.18. The lowest BCUT2D eigenvalue weighted by Gasteiger charge is -2.25. The van der Waals surface area contributed by atoms with E-state index in [1.54, 1.807) is 12.4 Å². The standard InChI is InChI=1S/C10H17ClO.C5H5N/c1-2-3-8-4-6-9(7-5-8)10(11)12;1-2-4-6-5-3-1/h8-9H,2-7H2,1H3;1-5H. The number of rotatable bonds is 3. The van der Waals surface area contributed by atoms with Gasteiger partial charge in [0.15, 0.2) is 0 Å². The number of halogens is 1. The number of pyridine rings is 1. The predicted octanol–water partition coefficient (Wildman–Crippen LogP) is 4.44. The zero-order chi connectivity index (χ0) is 13.2. The molecule has 3 heteroatoms. The number of hydrogen-bond donors (Lipinski definition) is 0. The molecule has 0 unspecified atom stereocenters. The molecule has 1 aromatic heterocycles. The van der Waals surface area contributed by atoms with Crippen LogP contribution in [0.1, 0.15) is 45.4 Å². The first-order chi connectivity index (χ1) is 8.74. The Kier molecular flexibility index (Phi) is 7.66. The summed E-state index contributed by atoms with van der Waals surface area (Å²) in [6.45, 7) is 2.22. The first-order valence-electron chi connectivity index (χ1n) is 6.78. The van der Waals surface area contributed by atoms with E-state index in [4.69, 9.17) is 11.6 Å². The predicted molar refractivity (Wildman–Crippen MR) is 75.5 cm³/mol. The van der Waals surface area contributed by atoms with Crippen molar-refractivity contribution in [3.05, 3.63) is 30.6 Å². The van der Waals surface area contributed by atoms with Crippen LogP contribution in [0.4, 0.5) is 0 Å². The summed E-state index contributed by atoms with van der Waals surface area (Å²) in [5.41, 5.74) is 0. The topological polar surface area (TPSA) is 30.0 Å². The Morgan fingerprint density at radius 3 is 2.11 bits per heavy atom. The maximum atomic E-state index is 10.8. The third kappa shape index (κ3) is 6.15. The molecule has 0 saturated heterocycles. The molecule has 1 heterocycles. The van der Waals surface area contributed by atoms with Crippen molar-refractivity contribution in [1.82, 2.24) is 4.98 Å². The van der Waals surface area contributed by atoms with Gasteiger partial charge in [0.2, 0.25) is 5.24 Å². The Bertz CT molecular complexity index is 294. The molecule has 0 spiro atoms. The summed E-state index contributed by atoms with van der Waals surface area (Å²) in [4.78, 5) is 14.6. The Morgan fingerprint density at radius 1 is 1.17 bits per heavy atom. The molecule has 1 aromatic rings. The number of hydrogen-bond acceptors (Lipinski definition) is 2. The summed E-state index contributed by atoms with van der Waals surface area (Å²) in [6.07, 6.45) is 10.5. The summed E-state index contributed by atoms with van der Waals surface area (Å²) in [5.74, 6) is 1.03. The quantitative estimate of drug-likeness (QED) is 0.758. The Hall–Kier alpha value is -0.890. The van der Waals surface area contributed by atoms with Crippen LogP contribution < -0.4 is 0 Å². The molecular formula is C15H22ClNO. The van der Waals surface area contributed by atoms with Crippen molar-refractivity contribution in [1.29, 1.82) is 0 Å². The van der Waals surface area contributed by atoms with Gasteiger partial charge in [-0.15, -0.1) is 0 Å². The monoisotopic (exact) mass is 267 g/mol. The summed E-state index contributed by atoms with van der Waals surface area (Å²) in [5, 5.41) is -0.120. The van der Waals surface area contributed by atoms with Crippen LogP contribution in [0.25, 0.3) is 0 Å². The van der Waals surface area contributed by atoms with Gasteiger partial charge in [-0.05, 0) is 55.3 Å². The van der Waals surface area contributed by atoms with Crippen molar-refractivity contribution in [3.63, 3.8) is 0 Å². The second-order valence-electron chi connectivity index (χ2n) is 4.84. The zero-order valence-corrected chi connectivity index (χ0v) is 11.8. The van der Waals surface area contributed by atoms with Gasteiger partial charge in [-0.2, -0.15) is 0 Å². The van der Waals surface area contributed by atoms with Crippen LogP contribution in [0.3, 0.4) is 0 Å². The van der Waals surface area contributed by atoms with Crippen LogP contribution in [-0.2, 0) is 4.79 Å². The lowest BCUT2D eigenvalue weighted by atomic mass is 9.81. The third-order valence-corrected chi connectivity index (χ3v) is 3.74. The summed E-state index contributed by atoms with van der Waals surface area (Å²) in [7, 11) is 0. The normalized spacial score (nSPS) is 22.8. The third-order valence-electron chi connectivity index (χ3n) is 3.43. The number of nitrogens with zero attached hydrogens (tertiary/aromatic N) is 1. The first kappa shape index (κ1) is 15.2. The molecule has 1 saturated carbocycles.